The molecule has 1 saturated heterocycles. The summed E-state index contributed by atoms with van der Waals surface area (Å²) in [7, 11) is 0. The third-order valence-corrected chi connectivity index (χ3v) is 9.13. The molecule has 2 aliphatic rings. The van der Waals surface area contributed by atoms with Gasteiger partial charge in [-0.05, 0) is 54.7 Å². The summed E-state index contributed by atoms with van der Waals surface area (Å²) in [6.07, 6.45) is 1.21. The number of halogens is 1. The van der Waals surface area contributed by atoms with Crippen molar-refractivity contribution in [3.63, 3.8) is 0 Å². The smallest absolute Gasteiger partial charge is 0.255 e. The third-order valence-electron chi connectivity index (χ3n) is 9.13. The molecule has 12 heteroatoms. The molecule has 5 amide bonds. The summed E-state index contributed by atoms with van der Waals surface area (Å²) in [6, 6.07) is 18.9. The first kappa shape index (κ1) is 36.0. The Morgan fingerprint density at radius 1 is 0.920 bits per heavy atom. The van der Waals surface area contributed by atoms with Crippen LogP contribution in [0.5, 0.6) is 5.75 Å². The van der Waals surface area contributed by atoms with Crippen LogP contribution in [0.2, 0.25) is 0 Å². The second-order valence-corrected chi connectivity index (χ2v) is 13.3. The molecule has 0 unspecified atom stereocenters. The quantitative estimate of drug-likeness (QED) is 0.314. The lowest BCUT2D eigenvalue weighted by Gasteiger charge is -2.29. The van der Waals surface area contributed by atoms with Crippen LogP contribution in [0.25, 0.3) is 0 Å². The number of benzene rings is 3. The van der Waals surface area contributed by atoms with Crippen molar-refractivity contribution < 1.29 is 33.1 Å². The van der Waals surface area contributed by atoms with Crippen LogP contribution in [0, 0.1) is 5.82 Å². The van der Waals surface area contributed by atoms with Crippen molar-refractivity contribution in [2.45, 2.75) is 69.5 Å². The number of fused-ring (bicyclic) bond motifs is 2. The molecule has 2 heterocycles. The molecule has 0 saturated carbocycles. The summed E-state index contributed by atoms with van der Waals surface area (Å²) < 4.78 is 19.5. The predicted octanol–water partition coefficient (Wildman–Crippen LogP) is 3.03. The lowest BCUT2D eigenvalue weighted by Crippen LogP contribution is -2.55. The number of carbonyl (C=O) groups excluding carboxylic acids is 5. The van der Waals surface area contributed by atoms with E-state index in [1.54, 1.807) is 36.4 Å². The summed E-state index contributed by atoms with van der Waals surface area (Å²) in [6.45, 7) is 4.64. The molecular weight excluding hydrogens is 641 g/mol. The molecule has 11 nitrogen and oxygen atoms in total. The zero-order chi connectivity index (χ0) is 35.7. The second kappa shape index (κ2) is 16.4. The van der Waals surface area contributed by atoms with E-state index < -0.39 is 53.6 Å². The van der Waals surface area contributed by atoms with Crippen LogP contribution in [0.4, 0.5) is 4.39 Å². The molecule has 3 atom stereocenters. The van der Waals surface area contributed by atoms with E-state index in [1.165, 1.54) is 17.0 Å². The summed E-state index contributed by atoms with van der Waals surface area (Å²) in [5.41, 5.74) is 1.23. The van der Waals surface area contributed by atoms with Gasteiger partial charge in [0, 0.05) is 31.5 Å². The van der Waals surface area contributed by atoms with Gasteiger partial charge in [-0.15, -0.1) is 0 Å². The van der Waals surface area contributed by atoms with Crippen LogP contribution in [0.3, 0.4) is 0 Å². The number of hydrogen-bond acceptors (Lipinski definition) is 6. The van der Waals surface area contributed by atoms with Gasteiger partial charge >= 0.3 is 0 Å². The Balaban J connectivity index is 1.40. The van der Waals surface area contributed by atoms with E-state index in [0.717, 1.165) is 11.1 Å². The zero-order valence-electron chi connectivity index (χ0n) is 28.4. The Labute approximate surface area is 291 Å². The Morgan fingerprint density at radius 2 is 1.64 bits per heavy atom. The molecular formula is C38H44FN5O6. The topological polar surface area (TPSA) is 146 Å². The maximum Gasteiger partial charge on any atom is 0.255 e. The van der Waals surface area contributed by atoms with Gasteiger partial charge in [-0.1, -0.05) is 68.4 Å². The van der Waals surface area contributed by atoms with E-state index in [4.69, 9.17) is 4.74 Å². The van der Waals surface area contributed by atoms with Crippen LogP contribution in [-0.4, -0.2) is 78.8 Å². The lowest BCUT2D eigenvalue weighted by atomic mass is 9.84. The van der Waals surface area contributed by atoms with E-state index in [1.807, 2.05) is 44.2 Å². The van der Waals surface area contributed by atoms with Crippen LogP contribution < -0.4 is 26.0 Å². The average Bonchev–Trinajstić information content (AvgIpc) is 3.61. The monoisotopic (exact) mass is 685 g/mol. The molecule has 0 radical (unpaired) electrons. The highest BCUT2D eigenvalue weighted by Crippen LogP contribution is 2.24. The number of nitrogens with one attached hydrogen (secondary N) is 4. The summed E-state index contributed by atoms with van der Waals surface area (Å²) in [5.74, 6) is -2.60. The Hall–Kier alpha value is -5.26. The molecule has 3 aromatic rings. The third kappa shape index (κ3) is 9.25. The fourth-order valence-corrected chi connectivity index (χ4v) is 6.21. The molecule has 3 aromatic carbocycles. The summed E-state index contributed by atoms with van der Waals surface area (Å²) in [4.78, 5) is 69.7. The van der Waals surface area contributed by atoms with Gasteiger partial charge < -0.3 is 30.9 Å². The van der Waals surface area contributed by atoms with Crippen molar-refractivity contribution in [3.8, 4) is 5.75 Å². The highest BCUT2D eigenvalue weighted by Gasteiger charge is 2.38. The fourth-order valence-electron chi connectivity index (χ4n) is 6.21. The van der Waals surface area contributed by atoms with E-state index in [-0.39, 0.29) is 55.7 Å². The number of para-hydroxylation sites is 1. The summed E-state index contributed by atoms with van der Waals surface area (Å²) in [5, 5.41) is 11.4. The standard InChI is InChI=1S/C38H44FN5O6/c1-38(2,26-15-17-27(39)18-16-26)24-41-36(48)30-23-33(45)44-20-8-13-31(44)37(49)43-29(22-25-10-4-3-5-11-25)35(47)40-19-9-21-50-32-14-7-6-12-28(32)34(46)42-30/h3-7,10-12,14-18,29-31H,8-9,13,19-24H2,1-2H3,(H,40,47)(H,41,48)(H,42,46)(H,43,49)/t29-,30-,31-/m0/s1. The molecule has 0 spiro atoms. The van der Waals surface area contributed by atoms with E-state index >= 15 is 0 Å². The van der Waals surface area contributed by atoms with Crippen molar-refractivity contribution in [2.75, 3.05) is 26.2 Å². The van der Waals surface area contributed by atoms with Gasteiger partial charge in [0.1, 0.15) is 29.7 Å². The van der Waals surface area contributed by atoms with Crippen molar-refractivity contribution in [3.05, 3.63) is 101 Å². The van der Waals surface area contributed by atoms with E-state index in [2.05, 4.69) is 21.3 Å². The predicted molar refractivity (Wildman–Crippen MR) is 185 cm³/mol. The minimum Gasteiger partial charge on any atom is -0.493 e. The van der Waals surface area contributed by atoms with Gasteiger partial charge in [0.25, 0.3) is 5.91 Å². The van der Waals surface area contributed by atoms with Crippen molar-refractivity contribution >= 4 is 29.5 Å². The highest BCUT2D eigenvalue weighted by molar-refractivity contribution is 6.01. The molecule has 5 rings (SSSR count). The van der Waals surface area contributed by atoms with Gasteiger partial charge in [0.2, 0.25) is 23.6 Å². The first-order valence-corrected chi connectivity index (χ1v) is 17.0. The number of ether oxygens (including phenoxy) is 1. The molecule has 0 aliphatic carbocycles. The molecule has 0 bridgehead atoms. The number of carbonyl (C=O) groups is 5. The van der Waals surface area contributed by atoms with Crippen molar-refractivity contribution in [1.82, 2.24) is 26.2 Å². The van der Waals surface area contributed by atoms with Gasteiger partial charge in [0.05, 0.1) is 18.6 Å². The van der Waals surface area contributed by atoms with Crippen LogP contribution >= 0.6 is 0 Å². The Morgan fingerprint density at radius 3 is 2.40 bits per heavy atom. The number of nitrogens with zero attached hydrogens (tertiary/aromatic N) is 1. The van der Waals surface area contributed by atoms with E-state index in [0.29, 0.717) is 19.3 Å². The minimum atomic E-state index is -1.29. The largest absolute Gasteiger partial charge is 0.493 e. The molecule has 0 aromatic heterocycles. The fraction of sp³-hybridized carbons (Fsp3) is 0.395. The first-order valence-electron chi connectivity index (χ1n) is 17.0. The first-order chi connectivity index (χ1) is 24.0. The highest BCUT2D eigenvalue weighted by atomic mass is 19.1. The van der Waals surface area contributed by atoms with Crippen molar-refractivity contribution in [1.29, 1.82) is 0 Å². The van der Waals surface area contributed by atoms with Crippen LogP contribution in [0.15, 0.2) is 78.9 Å². The van der Waals surface area contributed by atoms with Crippen LogP contribution in [0.1, 0.15) is 61.0 Å². The molecule has 4 N–H and O–H groups in total. The Bertz CT molecular complexity index is 1680. The average molecular weight is 686 g/mol. The molecule has 50 heavy (non-hydrogen) atoms. The number of amides is 5. The second-order valence-electron chi connectivity index (χ2n) is 13.3. The maximum absolute atomic E-state index is 13.9. The maximum atomic E-state index is 13.9. The van der Waals surface area contributed by atoms with Crippen LogP contribution in [-0.2, 0) is 31.0 Å². The number of hydrogen-bond donors (Lipinski definition) is 4. The van der Waals surface area contributed by atoms with E-state index in [9.17, 15) is 28.4 Å². The summed E-state index contributed by atoms with van der Waals surface area (Å²) >= 11 is 0. The normalized spacial score (nSPS) is 20.9. The molecule has 1 fully saturated rings. The Kier molecular flexibility index (Phi) is 11.8. The SMILES string of the molecule is CC(C)(CNC(=O)[C@@H]1CC(=O)N2CCC[C@H]2C(=O)N[C@@H](Cc2ccccc2)C(=O)NCCCOc2ccccc2C(=O)N1)c1ccc(F)cc1. The zero-order valence-corrected chi connectivity index (χ0v) is 28.4. The van der Waals surface area contributed by atoms with Gasteiger partial charge in [0.15, 0.2) is 0 Å². The number of rotatable bonds is 6. The van der Waals surface area contributed by atoms with Gasteiger partial charge in [-0.25, -0.2) is 4.39 Å². The lowest BCUT2D eigenvalue weighted by molar-refractivity contribution is -0.140. The minimum absolute atomic E-state index is 0.136. The van der Waals surface area contributed by atoms with Crippen molar-refractivity contribution in [2.24, 2.45) is 0 Å². The van der Waals surface area contributed by atoms with Gasteiger partial charge in [-0.2, -0.15) is 0 Å². The van der Waals surface area contributed by atoms with Gasteiger partial charge in [-0.3, -0.25) is 24.0 Å². The molecule has 2 aliphatic heterocycles. The molecule has 264 valence electrons.